The highest BCUT2D eigenvalue weighted by atomic mass is 35.5. The molecule has 2 amide bonds. The molecule has 8 nitrogen and oxygen atoms in total. The molecule has 0 fully saturated rings. The molecule has 1 atom stereocenters. The van der Waals surface area contributed by atoms with Crippen molar-refractivity contribution >= 4 is 39.1 Å². The molecular weight excluding hydrogens is 605 g/mol. The molecule has 4 rings (SSSR count). The van der Waals surface area contributed by atoms with E-state index in [1.54, 1.807) is 25.1 Å². The minimum absolute atomic E-state index is 0.0330. The number of anilines is 1. The van der Waals surface area contributed by atoms with Crippen molar-refractivity contribution in [3.05, 3.63) is 125 Å². The van der Waals surface area contributed by atoms with E-state index in [1.165, 1.54) is 66.6 Å². The number of methoxy groups -OCH3 is 1. The van der Waals surface area contributed by atoms with Crippen molar-refractivity contribution in [3.63, 3.8) is 0 Å². The lowest BCUT2D eigenvalue weighted by atomic mass is 10.0. The quantitative estimate of drug-likeness (QED) is 0.210. The Balaban J connectivity index is 1.80. The molecule has 4 aromatic rings. The summed E-state index contributed by atoms with van der Waals surface area (Å²) in [6.45, 7) is 1.37. The van der Waals surface area contributed by atoms with Crippen LogP contribution in [0.25, 0.3) is 0 Å². The number of carbonyl (C=O) groups excluding carboxylic acids is 2. The van der Waals surface area contributed by atoms with Crippen molar-refractivity contribution in [1.82, 2.24) is 10.2 Å². The number of halogens is 2. The number of likely N-dealkylation sites (N-methyl/N-ethyl adjacent to an activating group) is 1. The van der Waals surface area contributed by atoms with Crippen LogP contribution in [0.4, 0.5) is 10.1 Å². The van der Waals surface area contributed by atoms with Crippen LogP contribution >= 0.6 is 11.6 Å². The number of hydrogen-bond donors (Lipinski definition) is 1. The summed E-state index contributed by atoms with van der Waals surface area (Å²) in [7, 11) is -2.84. The van der Waals surface area contributed by atoms with Gasteiger partial charge >= 0.3 is 0 Å². The van der Waals surface area contributed by atoms with Gasteiger partial charge in [0, 0.05) is 19.5 Å². The summed E-state index contributed by atoms with van der Waals surface area (Å²) in [5.41, 5.74) is 1.50. The van der Waals surface area contributed by atoms with Crippen molar-refractivity contribution in [2.24, 2.45) is 0 Å². The number of rotatable bonds is 13. The van der Waals surface area contributed by atoms with Gasteiger partial charge in [-0.3, -0.25) is 13.9 Å². The number of nitrogens with zero attached hydrogens (tertiary/aromatic N) is 2. The Morgan fingerprint density at radius 3 is 2.14 bits per heavy atom. The predicted octanol–water partition coefficient (Wildman–Crippen LogP) is 5.46. The first-order valence-corrected chi connectivity index (χ1v) is 15.7. The molecule has 0 aliphatic heterocycles. The fraction of sp³-hybridized carbons (Fsp3) is 0.212. The molecule has 1 unspecified atom stereocenters. The summed E-state index contributed by atoms with van der Waals surface area (Å²) in [6.07, 6.45) is 0.166. The molecule has 0 saturated heterocycles. The summed E-state index contributed by atoms with van der Waals surface area (Å²) < 4.78 is 48.0. The molecule has 0 heterocycles. The number of sulfonamides is 1. The van der Waals surface area contributed by atoms with Crippen molar-refractivity contribution in [2.45, 2.75) is 30.8 Å². The van der Waals surface area contributed by atoms with Crippen LogP contribution in [-0.2, 0) is 32.6 Å². The van der Waals surface area contributed by atoms with Crippen LogP contribution in [0.5, 0.6) is 5.75 Å². The van der Waals surface area contributed by atoms with Crippen LogP contribution in [0.3, 0.4) is 0 Å². The SMILES string of the molecule is CCNC(=O)C(Cc1ccccc1)N(Cc1ccc(F)cc1)C(=O)CN(c1ccc(OC)c(Cl)c1)S(=O)(=O)c1ccccc1. The zero-order valence-corrected chi connectivity index (χ0v) is 25.9. The van der Waals surface area contributed by atoms with Crippen molar-refractivity contribution in [1.29, 1.82) is 0 Å². The van der Waals surface area contributed by atoms with E-state index >= 15 is 0 Å². The van der Waals surface area contributed by atoms with E-state index in [2.05, 4.69) is 5.32 Å². The van der Waals surface area contributed by atoms with Gasteiger partial charge in [0.25, 0.3) is 10.0 Å². The van der Waals surface area contributed by atoms with Crippen LogP contribution in [0, 0.1) is 5.82 Å². The van der Waals surface area contributed by atoms with Crippen LogP contribution < -0.4 is 14.4 Å². The lowest BCUT2D eigenvalue weighted by molar-refractivity contribution is -0.140. The highest BCUT2D eigenvalue weighted by Gasteiger charge is 2.34. The Morgan fingerprint density at radius 1 is 0.909 bits per heavy atom. The summed E-state index contributed by atoms with van der Waals surface area (Å²) in [5.74, 6) is -1.17. The third-order valence-electron chi connectivity index (χ3n) is 6.92. The smallest absolute Gasteiger partial charge is 0.264 e. The largest absolute Gasteiger partial charge is 0.495 e. The van der Waals surface area contributed by atoms with E-state index in [0.29, 0.717) is 17.9 Å². The Kier molecular flexibility index (Phi) is 11.0. The molecule has 4 aromatic carbocycles. The predicted molar refractivity (Wildman–Crippen MR) is 169 cm³/mol. The number of ether oxygens (including phenoxy) is 1. The number of nitrogens with one attached hydrogen (secondary N) is 1. The van der Waals surface area contributed by atoms with Gasteiger partial charge in [-0.1, -0.05) is 72.3 Å². The molecule has 0 radical (unpaired) electrons. The van der Waals surface area contributed by atoms with E-state index in [0.717, 1.165) is 9.87 Å². The average Bonchev–Trinajstić information content (AvgIpc) is 3.03. The lowest BCUT2D eigenvalue weighted by Gasteiger charge is -2.34. The van der Waals surface area contributed by atoms with Crippen molar-refractivity contribution in [3.8, 4) is 5.75 Å². The van der Waals surface area contributed by atoms with E-state index in [1.807, 2.05) is 30.3 Å². The first kappa shape index (κ1) is 32.5. The minimum atomic E-state index is -4.28. The van der Waals surface area contributed by atoms with Gasteiger partial charge in [-0.05, 0) is 60.5 Å². The molecule has 0 bridgehead atoms. The second-order valence-corrected chi connectivity index (χ2v) is 12.2. The van der Waals surface area contributed by atoms with Crippen LogP contribution in [0.2, 0.25) is 5.02 Å². The van der Waals surface area contributed by atoms with Gasteiger partial charge in [-0.2, -0.15) is 0 Å². The summed E-state index contributed by atoms with van der Waals surface area (Å²) >= 11 is 6.38. The van der Waals surface area contributed by atoms with Gasteiger partial charge in [0.2, 0.25) is 11.8 Å². The molecule has 0 aliphatic carbocycles. The molecule has 1 N–H and O–H groups in total. The minimum Gasteiger partial charge on any atom is -0.495 e. The van der Waals surface area contributed by atoms with E-state index in [-0.39, 0.29) is 28.6 Å². The standard InChI is InChI=1S/C33H33ClFN3O5S/c1-3-36-33(40)30(20-24-10-6-4-7-11-24)37(22-25-14-16-26(35)17-15-25)32(39)23-38(27-18-19-31(43-2)29(34)21-27)44(41,42)28-12-8-5-9-13-28/h4-19,21,30H,3,20,22-23H2,1-2H3,(H,36,40). The maximum absolute atomic E-state index is 14.3. The number of carbonyl (C=O) groups is 2. The first-order valence-electron chi connectivity index (χ1n) is 13.9. The van der Waals surface area contributed by atoms with Gasteiger partial charge in [0.15, 0.2) is 0 Å². The third-order valence-corrected chi connectivity index (χ3v) is 9.01. The molecule has 44 heavy (non-hydrogen) atoms. The molecular formula is C33H33ClFN3O5S. The summed E-state index contributed by atoms with van der Waals surface area (Å²) in [5, 5.41) is 2.95. The number of amides is 2. The fourth-order valence-electron chi connectivity index (χ4n) is 4.69. The highest BCUT2D eigenvalue weighted by Crippen LogP contribution is 2.32. The molecule has 0 spiro atoms. The van der Waals surface area contributed by atoms with Gasteiger partial charge in [0.05, 0.1) is 22.7 Å². The van der Waals surface area contributed by atoms with Gasteiger partial charge in [0.1, 0.15) is 24.2 Å². The number of benzene rings is 4. The maximum atomic E-state index is 14.3. The molecule has 230 valence electrons. The van der Waals surface area contributed by atoms with Crippen molar-refractivity contribution < 1.29 is 27.1 Å². The molecule has 0 saturated carbocycles. The zero-order valence-electron chi connectivity index (χ0n) is 24.3. The molecule has 0 aromatic heterocycles. The topological polar surface area (TPSA) is 96.0 Å². The lowest BCUT2D eigenvalue weighted by Crippen LogP contribution is -2.53. The third kappa shape index (κ3) is 7.94. The second-order valence-electron chi connectivity index (χ2n) is 9.89. The monoisotopic (exact) mass is 637 g/mol. The molecule has 0 aliphatic rings. The van der Waals surface area contributed by atoms with Crippen molar-refractivity contribution in [2.75, 3.05) is 24.5 Å². The van der Waals surface area contributed by atoms with Gasteiger partial charge in [-0.15, -0.1) is 0 Å². The van der Waals surface area contributed by atoms with Crippen LogP contribution in [-0.4, -0.2) is 51.4 Å². The highest BCUT2D eigenvalue weighted by molar-refractivity contribution is 7.92. The second kappa shape index (κ2) is 14.9. The fourth-order valence-corrected chi connectivity index (χ4v) is 6.37. The summed E-state index contributed by atoms with van der Waals surface area (Å²) in [4.78, 5) is 29.1. The average molecular weight is 638 g/mol. The number of hydrogen-bond acceptors (Lipinski definition) is 5. The Morgan fingerprint density at radius 2 is 1.55 bits per heavy atom. The van der Waals surface area contributed by atoms with Crippen LogP contribution in [0.1, 0.15) is 18.1 Å². The molecule has 11 heteroatoms. The first-order chi connectivity index (χ1) is 21.1. The van der Waals surface area contributed by atoms with Gasteiger partial charge < -0.3 is 15.0 Å². The van der Waals surface area contributed by atoms with E-state index in [4.69, 9.17) is 16.3 Å². The van der Waals surface area contributed by atoms with Crippen LogP contribution in [0.15, 0.2) is 108 Å². The van der Waals surface area contributed by atoms with Gasteiger partial charge in [-0.25, -0.2) is 12.8 Å². The maximum Gasteiger partial charge on any atom is 0.264 e. The Bertz CT molecular complexity index is 1670. The summed E-state index contributed by atoms with van der Waals surface area (Å²) in [6, 6.07) is 25.9. The van der Waals surface area contributed by atoms with E-state index in [9.17, 15) is 22.4 Å². The Hall–Kier alpha value is -4.41. The normalized spacial score (nSPS) is 11.8. The zero-order chi connectivity index (χ0) is 31.7. The Labute approximate surface area is 262 Å². The van der Waals surface area contributed by atoms with E-state index < -0.39 is 40.2 Å².